The maximum absolute atomic E-state index is 6.02. The van der Waals surface area contributed by atoms with Gasteiger partial charge in [0, 0.05) is 18.8 Å². The molecule has 82 valence electrons. The number of benzene rings is 1. The molecule has 0 aliphatic rings. The van der Waals surface area contributed by atoms with Gasteiger partial charge in [-0.15, -0.1) is 0 Å². The normalized spacial score (nSPS) is 10.1. The Labute approximate surface area is 104 Å². The molecule has 5 heteroatoms. The molecule has 1 aromatic heterocycles. The van der Waals surface area contributed by atoms with Gasteiger partial charge in [-0.05, 0) is 12.1 Å². The molecule has 2 rings (SSSR count). The van der Waals surface area contributed by atoms with Gasteiger partial charge >= 0.3 is 0 Å². The van der Waals surface area contributed by atoms with Crippen LogP contribution >= 0.6 is 23.8 Å². The largest absolute Gasteiger partial charge is 0.345 e. The highest BCUT2D eigenvalue weighted by atomic mass is 35.5. The molecule has 0 saturated carbocycles. The van der Waals surface area contributed by atoms with E-state index >= 15 is 0 Å². The van der Waals surface area contributed by atoms with E-state index in [9.17, 15) is 0 Å². The van der Waals surface area contributed by atoms with Crippen molar-refractivity contribution < 1.29 is 0 Å². The molecular formula is C11H10ClN3S. The van der Waals surface area contributed by atoms with Crippen molar-refractivity contribution >= 4 is 34.5 Å². The summed E-state index contributed by atoms with van der Waals surface area (Å²) < 4.78 is 1.70. The molecule has 2 aromatic rings. The number of nitrogens with one attached hydrogen (secondary N) is 1. The number of anilines is 1. The van der Waals surface area contributed by atoms with Crippen LogP contribution in [-0.2, 0) is 7.05 Å². The summed E-state index contributed by atoms with van der Waals surface area (Å²) in [6, 6.07) is 7.47. The molecule has 0 atom stereocenters. The standard InChI is InChI=1S/C11H10ClN3S/c1-15-7-8(6-13-15)11(16)14-10-5-3-2-4-9(10)12/h2-7H,1H3,(H,14,16). The molecule has 3 nitrogen and oxygen atoms in total. The minimum absolute atomic E-state index is 0.612. The fourth-order valence-electron chi connectivity index (χ4n) is 1.30. The molecule has 0 fully saturated rings. The zero-order valence-corrected chi connectivity index (χ0v) is 10.2. The number of aryl methyl sites for hydroxylation is 1. The van der Waals surface area contributed by atoms with Crippen molar-refractivity contribution in [3.05, 3.63) is 47.2 Å². The Hall–Kier alpha value is -1.39. The zero-order chi connectivity index (χ0) is 11.5. The van der Waals surface area contributed by atoms with Crippen molar-refractivity contribution in [1.82, 2.24) is 9.78 Å². The van der Waals surface area contributed by atoms with Gasteiger partial charge in [0.05, 0.1) is 16.9 Å². The van der Waals surface area contributed by atoms with Crippen LogP contribution in [0.15, 0.2) is 36.7 Å². The van der Waals surface area contributed by atoms with E-state index in [1.807, 2.05) is 37.5 Å². The summed E-state index contributed by atoms with van der Waals surface area (Å²) in [5.74, 6) is 0. The van der Waals surface area contributed by atoms with Gasteiger partial charge in [0.25, 0.3) is 0 Å². The molecule has 0 saturated heterocycles. The SMILES string of the molecule is Cn1cc(C(=S)Nc2ccccc2Cl)cn1. The first-order valence-corrected chi connectivity index (χ1v) is 5.50. The second kappa shape index (κ2) is 4.63. The summed E-state index contributed by atoms with van der Waals surface area (Å²) in [4.78, 5) is 0.612. The van der Waals surface area contributed by atoms with E-state index in [1.165, 1.54) is 0 Å². The highest BCUT2D eigenvalue weighted by molar-refractivity contribution is 7.81. The van der Waals surface area contributed by atoms with Crippen molar-refractivity contribution in [3.63, 3.8) is 0 Å². The Balaban J connectivity index is 2.17. The molecule has 0 amide bonds. The van der Waals surface area contributed by atoms with Crippen molar-refractivity contribution in [2.24, 2.45) is 7.05 Å². The lowest BCUT2D eigenvalue weighted by atomic mass is 10.3. The van der Waals surface area contributed by atoms with E-state index in [2.05, 4.69) is 10.4 Å². The second-order valence-corrected chi connectivity index (χ2v) is 4.15. The number of nitrogens with zero attached hydrogens (tertiary/aromatic N) is 2. The Morgan fingerprint density at radius 3 is 2.81 bits per heavy atom. The van der Waals surface area contributed by atoms with Gasteiger partial charge in [-0.3, -0.25) is 4.68 Å². The third kappa shape index (κ3) is 2.40. The Morgan fingerprint density at radius 1 is 1.44 bits per heavy atom. The van der Waals surface area contributed by atoms with Gasteiger partial charge in [0.2, 0.25) is 0 Å². The highest BCUT2D eigenvalue weighted by Gasteiger charge is 2.05. The first kappa shape index (κ1) is 11.1. The number of thiocarbonyl (C=S) groups is 1. The van der Waals surface area contributed by atoms with Crippen LogP contribution in [-0.4, -0.2) is 14.8 Å². The first-order chi connectivity index (χ1) is 7.66. The average molecular weight is 252 g/mol. The maximum atomic E-state index is 6.02. The second-order valence-electron chi connectivity index (χ2n) is 3.34. The lowest BCUT2D eigenvalue weighted by Gasteiger charge is -2.07. The van der Waals surface area contributed by atoms with Crippen molar-refractivity contribution in [2.45, 2.75) is 0 Å². The monoisotopic (exact) mass is 251 g/mol. The third-order valence-corrected chi connectivity index (χ3v) is 2.76. The predicted octanol–water partition coefficient (Wildman–Crippen LogP) is 2.86. The molecule has 0 unspecified atom stereocenters. The molecule has 1 aromatic carbocycles. The summed E-state index contributed by atoms with van der Waals surface area (Å²) in [7, 11) is 1.85. The number of hydrogen-bond acceptors (Lipinski definition) is 2. The summed E-state index contributed by atoms with van der Waals surface area (Å²) in [5.41, 5.74) is 1.68. The average Bonchev–Trinajstić information content (AvgIpc) is 2.68. The van der Waals surface area contributed by atoms with E-state index in [-0.39, 0.29) is 0 Å². The fourth-order valence-corrected chi connectivity index (χ4v) is 1.69. The zero-order valence-electron chi connectivity index (χ0n) is 8.64. The van der Waals surface area contributed by atoms with Crippen molar-refractivity contribution in [2.75, 3.05) is 5.32 Å². The summed E-state index contributed by atoms with van der Waals surface area (Å²) in [6.45, 7) is 0. The maximum Gasteiger partial charge on any atom is 0.114 e. The van der Waals surface area contributed by atoms with Crippen LogP contribution < -0.4 is 5.32 Å². The van der Waals surface area contributed by atoms with Crippen LogP contribution in [0.3, 0.4) is 0 Å². The third-order valence-electron chi connectivity index (χ3n) is 2.09. The molecule has 0 aliphatic carbocycles. The van der Waals surface area contributed by atoms with E-state index in [0.29, 0.717) is 10.0 Å². The van der Waals surface area contributed by atoms with Gasteiger partial charge in [0.15, 0.2) is 0 Å². The first-order valence-electron chi connectivity index (χ1n) is 4.71. The van der Waals surface area contributed by atoms with E-state index in [1.54, 1.807) is 10.9 Å². The number of halogens is 1. The molecule has 0 radical (unpaired) electrons. The molecular weight excluding hydrogens is 242 g/mol. The Morgan fingerprint density at radius 2 is 2.19 bits per heavy atom. The predicted molar refractivity (Wildman–Crippen MR) is 70.0 cm³/mol. The van der Waals surface area contributed by atoms with Gasteiger partial charge in [0.1, 0.15) is 4.99 Å². The van der Waals surface area contributed by atoms with E-state index in [4.69, 9.17) is 23.8 Å². The lowest BCUT2D eigenvalue weighted by Crippen LogP contribution is -2.09. The number of hydrogen-bond donors (Lipinski definition) is 1. The van der Waals surface area contributed by atoms with Gasteiger partial charge < -0.3 is 5.32 Å². The Kier molecular flexibility index (Phi) is 3.22. The topological polar surface area (TPSA) is 29.9 Å². The smallest absolute Gasteiger partial charge is 0.114 e. The Bertz CT molecular complexity index is 521. The number of para-hydroxylation sites is 1. The van der Waals surface area contributed by atoms with Crippen molar-refractivity contribution in [1.29, 1.82) is 0 Å². The summed E-state index contributed by atoms with van der Waals surface area (Å²) >= 11 is 11.3. The summed E-state index contributed by atoms with van der Waals surface area (Å²) in [6.07, 6.45) is 3.57. The van der Waals surface area contributed by atoms with Crippen LogP contribution in [0.1, 0.15) is 5.56 Å². The molecule has 0 bridgehead atoms. The van der Waals surface area contributed by atoms with E-state index in [0.717, 1.165) is 11.3 Å². The minimum atomic E-state index is 0.612. The van der Waals surface area contributed by atoms with Crippen LogP contribution in [0, 0.1) is 0 Å². The summed E-state index contributed by atoms with van der Waals surface area (Å²) in [5, 5.41) is 7.79. The van der Waals surface area contributed by atoms with Crippen LogP contribution in [0.25, 0.3) is 0 Å². The molecule has 0 spiro atoms. The minimum Gasteiger partial charge on any atom is -0.345 e. The van der Waals surface area contributed by atoms with Crippen LogP contribution in [0.4, 0.5) is 5.69 Å². The fraction of sp³-hybridized carbons (Fsp3) is 0.0909. The number of rotatable bonds is 2. The van der Waals surface area contributed by atoms with E-state index < -0.39 is 0 Å². The van der Waals surface area contributed by atoms with Gasteiger partial charge in [-0.2, -0.15) is 5.10 Å². The molecule has 16 heavy (non-hydrogen) atoms. The molecule has 0 aliphatic heterocycles. The van der Waals surface area contributed by atoms with Crippen LogP contribution in [0.2, 0.25) is 5.02 Å². The lowest BCUT2D eigenvalue weighted by molar-refractivity contribution is 0.767. The highest BCUT2D eigenvalue weighted by Crippen LogP contribution is 2.21. The quantitative estimate of drug-likeness (QED) is 0.833. The molecule has 1 heterocycles. The van der Waals surface area contributed by atoms with Crippen LogP contribution in [0.5, 0.6) is 0 Å². The van der Waals surface area contributed by atoms with Gasteiger partial charge in [-0.25, -0.2) is 0 Å². The number of aromatic nitrogens is 2. The van der Waals surface area contributed by atoms with Crippen molar-refractivity contribution in [3.8, 4) is 0 Å². The molecule has 1 N–H and O–H groups in total. The van der Waals surface area contributed by atoms with Gasteiger partial charge in [-0.1, -0.05) is 36.0 Å².